The van der Waals surface area contributed by atoms with Gasteiger partial charge in [-0.15, -0.1) is 45.9 Å². The number of hydrogen-bond acceptors (Lipinski definition) is 5. The molecular weight excluding hydrogens is 525 g/mol. The molecule has 1 aromatic carbocycles. The van der Waals surface area contributed by atoms with E-state index in [1.54, 1.807) is 18.1 Å². The standard InChI is InChI=1S/C21H33N7OS.HI/c1-5-18-27-25-16-28(18)13-11-22-20(24-15-19(29)26-21(2,3)4)23-12-14-30-17-9-7-6-8-10-17;/h6-10,16H,5,11-15H2,1-4H3,(H,26,29)(H2,22,23,24);1H. The molecule has 0 aliphatic rings. The molecule has 0 unspecified atom stereocenters. The minimum Gasteiger partial charge on any atom is -0.356 e. The van der Waals surface area contributed by atoms with Crippen molar-refractivity contribution in [3.8, 4) is 0 Å². The number of amides is 1. The van der Waals surface area contributed by atoms with E-state index in [9.17, 15) is 4.79 Å². The number of nitrogens with zero attached hydrogens (tertiary/aromatic N) is 4. The van der Waals surface area contributed by atoms with Crippen LogP contribution in [0, 0.1) is 0 Å². The summed E-state index contributed by atoms with van der Waals surface area (Å²) < 4.78 is 2.02. The van der Waals surface area contributed by atoms with Gasteiger partial charge in [0.2, 0.25) is 5.91 Å². The Labute approximate surface area is 206 Å². The molecule has 0 bridgehead atoms. The lowest BCUT2D eigenvalue weighted by Crippen LogP contribution is -2.44. The smallest absolute Gasteiger partial charge is 0.242 e. The van der Waals surface area contributed by atoms with Crippen LogP contribution >= 0.6 is 35.7 Å². The van der Waals surface area contributed by atoms with Crippen molar-refractivity contribution in [2.75, 3.05) is 25.4 Å². The van der Waals surface area contributed by atoms with Gasteiger partial charge in [-0.2, -0.15) is 0 Å². The highest BCUT2D eigenvalue weighted by Crippen LogP contribution is 2.15. The number of nitrogens with one attached hydrogen (secondary N) is 3. The summed E-state index contributed by atoms with van der Waals surface area (Å²) >= 11 is 1.78. The Kier molecular flexibility index (Phi) is 12.5. The van der Waals surface area contributed by atoms with E-state index in [-0.39, 0.29) is 42.0 Å². The van der Waals surface area contributed by atoms with Crippen LogP contribution < -0.4 is 16.0 Å². The monoisotopic (exact) mass is 559 g/mol. The Morgan fingerprint density at radius 1 is 1.16 bits per heavy atom. The van der Waals surface area contributed by atoms with Crippen LogP contribution in [-0.4, -0.2) is 57.6 Å². The van der Waals surface area contributed by atoms with Gasteiger partial charge in [-0.1, -0.05) is 25.1 Å². The molecule has 31 heavy (non-hydrogen) atoms. The summed E-state index contributed by atoms with van der Waals surface area (Å²) in [5.74, 6) is 2.37. The van der Waals surface area contributed by atoms with E-state index < -0.39 is 0 Å². The zero-order valence-corrected chi connectivity index (χ0v) is 21.9. The Morgan fingerprint density at radius 3 is 2.55 bits per heavy atom. The third kappa shape index (κ3) is 11.4. The van der Waals surface area contributed by atoms with Gasteiger partial charge in [-0.05, 0) is 32.9 Å². The number of carbonyl (C=O) groups is 1. The summed E-state index contributed by atoms with van der Waals surface area (Å²) in [5, 5.41) is 17.6. The lowest BCUT2D eigenvalue weighted by Gasteiger charge is -2.20. The fourth-order valence-electron chi connectivity index (χ4n) is 2.67. The van der Waals surface area contributed by atoms with Crippen LogP contribution in [0.15, 0.2) is 46.5 Å². The van der Waals surface area contributed by atoms with E-state index >= 15 is 0 Å². The van der Waals surface area contributed by atoms with Gasteiger partial charge >= 0.3 is 0 Å². The minimum atomic E-state index is -0.273. The van der Waals surface area contributed by atoms with E-state index in [4.69, 9.17) is 0 Å². The Bertz CT molecular complexity index is 806. The summed E-state index contributed by atoms with van der Waals surface area (Å²) in [6, 6.07) is 10.3. The number of thioether (sulfide) groups is 1. The first-order valence-electron chi connectivity index (χ1n) is 10.2. The van der Waals surface area contributed by atoms with Crippen LogP contribution in [0.4, 0.5) is 0 Å². The van der Waals surface area contributed by atoms with Crippen molar-refractivity contribution < 1.29 is 4.79 Å². The number of aryl methyl sites for hydroxylation is 1. The Balaban J connectivity index is 0.00000480. The normalized spacial score (nSPS) is 11.5. The molecule has 10 heteroatoms. The van der Waals surface area contributed by atoms with Crippen molar-refractivity contribution in [1.29, 1.82) is 0 Å². The van der Waals surface area contributed by atoms with Gasteiger partial charge < -0.3 is 20.5 Å². The van der Waals surface area contributed by atoms with Crippen molar-refractivity contribution in [3.63, 3.8) is 0 Å². The Hall–Kier alpha value is -1.82. The first-order valence-corrected chi connectivity index (χ1v) is 11.2. The molecule has 0 fully saturated rings. The van der Waals surface area contributed by atoms with E-state index in [1.807, 2.05) is 43.5 Å². The first-order chi connectivity index (χ1) is 14.4. The number of guanidine groups is 1. The molecular formula is C21H34IN7OS. The number of carbonyl (C=O) groups excluding carboxylic acids is 1. The molecule has 0 radical (unpaired) electrons. The maximum absolute atomic E-state index is 12.1. The topological polar surface area (TPSA) is 96.2 Å². The van der Waals surface area contributed by atoms with Crippen LogP contribution in [0.1, 0.15) is 33.5 Å². The van der Waals surface area contributed by atoms with Crippen LogP contribution in [0.3, 0.4) is 0 Å². The molecule has 0 spiro atoms. The molecule has 1 aromatic heterocycles. The maximum Gasteiger partial charge on any atom is 0.242 e. The highest BCUT2D eigenvalue weighted by atomic mass is 127. The van der Waals surface area contributed by atoms with Crippen molar-refractivity contribution in [3.05, 3.63) is 42.5 Å². The fraction of sp³-hybridized carbons (Fsp3) is 0.524. The van der Waals surface area contributed by atoms with Crippen LogP contribution in [0.5, 0.6) is 0 Å². The molecule has 2 aromatic rings. The average molecular weight is 560 g/mol. The average Bonchev–Trinajstić information content (AvgIpc) is 3.15. The summed E-state index contributed by atoms with van der Waals surface area (Å²) in [6.45, 7) is 10.1. The van der Waals surface area contributed by atoms with Gasteiger partial charge in [-0.3, -0.25) is 4.79 Å². The second kappa shape index (κ2) is 14.3. The van der Waals surface area contributed by atoms with Crippen molar-refractivity contribution in [1.82, 2.24) is 30.7 Å². The molecule has 0 atom stereocenters. The van der Waals surface area contributed by atoms with Gasteiger partial charge in [-0.25, -0.2) is 4.99 Å². The highest BCUT2D eigenvalue weighted by Gasteiger charge is 2.13. The fourth-order valence-corrected chi connectivity index (χ4v) is 3.46. The molecule has 3 N–H and O–H groups in total. The number of halogens is 1. The number of aromatic nitrogens is 3. The largest absolute Gasteiger partial charge is 0.356 e. The quantitative estimate of drug-likeness (QED) is 0.136. The number of rotatable bonds is 10. The van der Waals surface area contributed by atoms with E-state index in [2.05, 4.69) is 50.2 Å². The predicted octanol–water partition coefficient (Wildman–Crippen LogP) is 2.70. The third-order valence-corrected chi connectivity index (χ3v) is 4.97. The highest BCUT2D eigenvalue weighted by molar-refractivity contribution is 14.0. The SMILES string of the molecule is CCc1nncn1CCNC(=NCC(=O)NC(C)(C)C)NCCSc1ccccc1.I. The zero-order valence-electron chi connectivity index (χ0n) is 18.7. The molecule has 8 nitrogen and oxygen atoms in total. The number of hydrogen-bond donors (Lipinski definition) is 3. The van der Waals surface area contributed by atoms with Crippen molar-refractivity contribution in [2.45, 2.75) is 51.1 Å². The van der Waals surface area contributed by atoms with Crippen LogP contribution in [0.25, 0.3) is 0 Å². The maximum atomic E-state index is 12.1. The number of aliphatic imine (C=N–C) groups is 1. The molecule has 2 rings (SSSR count). The zero-order chi connectivity index (χ0) is 21.8. The van der Waals surface area contributed by atoms with Crippen molar-refractivity contribution >= 4 is 47.6 Å². The van der Waals surface area contributed by atoms with Gasteiger partial charge in [0.15, 0.2) is 5.96 Å². The third-order valence-electron chi connectivity index (χ3n) is 3.96. The van der Waals surface area contributed by atoms with Gasteiger partial charge in [0.25, 0.3) is 0 Å². The molecule has 0 aliphatic carbocycles. The molecule has 0 aliphatic heterocycles. The molecule has 1 heterocycles. The van der Waals surface area contributed by atoms with E-state index in [0.717, 1.165) is 31.1 Å². The molecule has 1 amide bonds. The van der Waals surface area contributed by atoms with E-state index in [1.165, 1.54) is 4.90 Å². The lowest BCUT2D eigenvalue weighted by molar-refractivity contribution is -0.121. The molecule has 0 saturated carbocycles. The summed E-state index contributed by atoms with van der Waals surface area (Å²) in [7, 11) is 0. The Morgan fingerprint density at radius 2 is 1.87 bits per heavy atom. The number of benzene rings is 1. The van der Waals surface area contributed by atoms with Gasteiger partial charge in [0.1, 0.15) is 18.7 Å². The van der Waals surface area contributed by atoms with E-state index in [0.29, 0.717) is 12.5 Å². The summed E-state index contributed by atoms with van der Waals surface area (Å²) in [5.41, 5.74) is -0.273. The van der Waals surface area contributed by atoms with Gasteiger partial charge in [0.05, 0.1) is 0 Å². The summed E-state index contributed by atoms with van der Waals surface area (Å²) in [6.07, 6.45) is 2.57. The van der Waals surface area contributed by atoms with Gasteiger partial charge in [0, 0.05) is 42.2 Å². The molecule has 172 valence electrons. The summed E-state index contributed by atoms with van der Waals surface area (Å²) in [4.78, 5) is 17.8. The predicted molar refractivity (Wildman–Crippen MR) is 138 cm³/mol. The molecule has 0 saturated heterocycles. The second-order valence-corrected chi connectivity index (χ2v) is 8.94. The minimum absolute atomic E-state index is 0. The lowest BCUT2D eigenvalue weighted by atomic mass is 10.1. The van der Waals surface area contributed by atoms with Crippen molar-refractivity contribution in [2.24, 2.45) is 4.99 Å². The van der Waals surface area contributed by atoms with Crippen LogP contribution in [-0.2, 0) is 17.8 Å². The second-order valence-electron chi connectivity index (χ2n) is 7.77. The van der Waals surface area contributed by atoms with Crippen LogP contribution in [0.2, 0.25) is 0 Å². The first kappa shape index (κ1) is 27.2.